The minimum absolute atomic E-state index is 0.0661. The molecule has 0 saturated carbocycles. The van der Waals surface area contributed by atoms with Gasteiger partial charge in [-0.15, -0.1) is 0 Å². The lowest BCUT2D eigenvalue weighted by Gasteiger charge is -2.27. The molecular formula is C12H13N3O2. The lowest BCUT2D eigenvalue weighted by atomic mass is 10.1. The van der Waals surface area contributed by atoms with E-state index in [-0.39, 0.29) is 5.91 Å². The van der Waals surface area contributed by atoms with Gasteiger partial charge >= 0.3 is 0 Å². The topological polar surface area (TPSA) is 58.4 Å². The molecule has 5 nitrogen and oxygen atoms in total. The molecular weight excluding hydrogens is 218 g/mol. The number of oxazole rings is 1. The van der Waals surface area contributed by atoms with Crippen LogP contribution in [0, 0.1) is 0 Å². The number of hydrogen-bond acceptors (Lipinski definition) is 4. The molecule has 1 aromatic carbocycles. The Hall–Kier alpha value is -1.88. The largest absolute Gasteiger partial charge is 0.443 e. The highest BCUT2D eigenvalue weighted by molar-refractivity contribution is 5.97. The van der Waals surface area contributed by atoms with Crippen molar-refractivity contribution in [3.05, 3.63) is 30.2 Å². The third kappa shape index (κ3) is 1.89. The molecule has 5 heteroatoms. The van der Waals surface area contributed by atoms with E-state index >= 15 is 0 Å². The van der Waals surface area contributed by atoms with Crippen LogP contribution < -0.4 is 5.32 Å². The number of fused-ring (bicyclic) bond motifs is 1. The molecule has 0 unspecified atom stereocenters. The van der Waals surface area contributed by atoms with Crippen LogP contribution in [-0.2, 0) is 0 Å². The van der Waals surface area contributed by atoms with E-state index < -0.39 is 0 Å². The zero-order valence-corrected chi connectivity index (χ0v) is 9.35. The van der Waals surface area contributed by atoms with Crippen molar-refractivity contribution in [1.82, 2.24) is 15.2 Å². The van der Waals surface area contributed by atoms with Crippen molar-refractivity contribution < 1.29 is 9.21 Å². The number of nitrogens with zero attached hydrogens (tertiary/aromatic N) is 2. The number of nitrogens with one attached hydrogen (secondary N) is 1. The van der Waals surface area contributed by atoms with Crippen LogP contribution in [0.15, 0.2) is 29.0 Å². The Morgan fingerprint density at radius 3 is 3.00 bits per heavy atom. The highest BCUT2D eigenvalue weighted by Gasteiger charge is 2.18. The Kier molecular flexibility index (Phi) is 2.53. The van der Waals surface area contributed by atoms with Gasteiger partial charge in [0.05, 0.1) is 0 Å². The molecule has 1 amide bonds. The van der Waals surface area contributed by atoms with E-state index in [1.54, 1.807) is 18.2 Å². The van der Waals surface area contributed by atoms with Crippen LogP contribution in [-0.4, -0.2) is 42.0 Å². The standard InChI is InChI=1S/C12H13N3O2/c16-12(15-5-3-13-4-6-15)9-1-2-11-10(7-9)14-8-17-11/h1-2,7-8,13H,3-6H2. The van der Waals surface area contributed by atoms with Gasteiger partial charge in [0.25, 0.3) is 5.91 Å². The summed E-state index contributed by atoms with van der Waals surface area (Å²) in [7, 11) is 0. The van der Waals surface area contributed by atoms with E-state index in [1.807, 2.05) is 4.90 Å². The quantitative estimate of drug-likeness (QED) is 0.791. The molecule has 17 heavy (non-hydrogen) atoms. The smallest absolute Gasteiger partial charge is 0.254 e. The first-order valence-corrected chi connectivity index (χ1v) is 5.68. The molecule has 0 spiro atoms. The molecule has 2 aromatic rings. The van der Waals surface area contributed by atoms with Gasteiger partial charge in [-0.1, -0.05) is 0 Å². The summed E-state index contributed by atoms with van der Waals surface area (Å²) >= 11 is 0. The Labute approximate surface area is 98.4 Å². The maximum Gasteiger partial charge on any atom is 0.254 e. The van der Waals surface area contributed by atoms with Gasteiger partial charge in [0, 0.05) is 31.7 Å². The van der Waals surface area contributed by atoms with Crippen molar-refractivity contribution in [2.45, 2.75) is 0 Å². The van der Waals surface area contributed by atoms with Gasteiger partial charge in [-0.25, -0.2) is 4.98 Å². The number of rotatable bonds is 1. The predicted octanol–water partition coefficient (Wildman–Crippen LogP) is 0.873. The van der Waals surface area contributed by atoms with E-state index in [9.17, 15) is 4.79 Å². The zero-order chi connectivity index (χ0) is 11.7. The summed E-state index contributed by atoms with van der Waals surface area (Å²) in [5.41, 5.74) is 2.11. The maximum atomic E-state index is 12.2. The SMILES string of the molecule is O=C(c1ccc2ocnc2c1)N1CCNCC1. The fraction of sp³-hybridized carbons (Fsp3) is 0.333. The summed E-state index contributed by atoms with van der Waals surface area (Å²) < 4.78 is 5.15. The van der Waals surface area contributed by atoms with Gasteiger partial charge in [0.15, 0.2) is 12.0 Å². The van der Waals surface area contributed by atoms with Gasteiger partial charge in [0.1, 0.15) is 5.52 Å². The summed E-state index contributed by atoms with van der Waals surface area (Å²) in [5.74, 6) is 0.0661. The molecule has 1 aromatic heterocycles. The Morgan fingerprint density at radius 2 is 2.18 bits per heavy atom. The summed E-state index contributed by atoms with van der Waals surface area (Å²) in [6.07, 6.45) is 1.39. The number of benzene rings is 1. The van der Waals surface area contributed by atoms with Crippen LogP contribution in [0.25, 0.3) is 11.1 Å². The van der Waals surface area contributed by atoms with Crippen LogP contribution >= 0.6 is 0 Å². The molecule has 1 N–H and O–H groups in total. The van der Waals surface area contributed by atoms with Crippen molar-refractivity contribution in [2.24, 2.45) is 0 Å². The number of amides is 1. The first kappa shape index (κ1) is 10.3. The van der Waals surface area contributed by atoms with Crippen LogP contribution in [0.1, 0.15) is 10.4 Å². The normalized spacial score (nSPS) is 16.4. The molecule has 1 aliphatic heterocycles. The van der Waals surface area contributed by atoms with E-state index in [2.05, 4.69) is 10.3 Å². The average Bonchev–Trinajstić information content (AvgIpc) is 2.86. The van der Waals surface area contributed by atoms with Crippen molar-refractivity contribution in [3.8, 4) is 0 Å². The highest BCUT2D eigenvalue weighted by atomic mass is 16.3. The number of piperazine rings is 1. The van der Waals surface area contributed by atoms with Gasteiger partial charge < -0.3 is 14.6 Å². The van der Waals surface area contributed by atoms with E-state index in [0.29, 0.717) is 11.1 Å². The Morgan fingerprint density at radius 1 is 1.35 bits per heavy atom. The van der Waals surface area contributed by atoms with E-state index in [4.69, 9.17) is 4.42 Å². The van der Waals surface area contributed by atoms with Crippen LogP contribution in [0.4, 0.5) is 0 Å². The summed E-state index contributed by atoms with van der Waals surface area (Å²) in [6, 6.07) is 5.36. The molecule has 88 valence electrons. The number of carbonyl (C=O) groups is 1. The van der Waals surface area contributed by atoms with E-state index in [0.717, 1.165) is 31.7 Å². The number of aromatic nitrogens is 1. The molecule has 3 rings (SSSR count). The zero-order valence-electron chi connectivity index (χ0n) is 9.35. The Bertz CT molecular complexity index is 543. The van der Waals surface area contributed by atoms with Crippen LogP contribution in [0.3, 0.4) is 0 Å². The second-order valence-corrected chi connectivity index (χ2v) is 4.08. The van der Waals surface area contributed by atoms with E-state index in [1.165, 1.54) is 6.39 Å². The third-order valence-electron chi connectivity index (χ3n) is 2.98. The van der Waals surface area contributed by atoms with Crippen molar-refractivity contribution in [1.29, 1.82) is 0 Å². The molecule has 0 atom stereocenters. The fourth-order valence-electron chi connectivity index (χ4n) is 2.04. The third-order valence-corrected chi connectivity index (χ3v) is 2.98. The maximum absolute atomic E-state index is 12.2. The molecule has 0 bridgehead atoms. The van der Waals surface area contributed by atoms with Crippen molar-refractivity contribution in [3.63, 3.8) is 0 Å². The van der Waals surface area contributed by atoms with Gasteiger partial charge in [0.2, 0.25) is 0 Å². The minimum atomic E-state index is 0.0661. The fourth-order valence-corrected chi connectivity index (χ4v) is 2.04. The Balaban J connectivity index is 1.88. The number of carbonyl (C=O) groups excluding carboxylic acids is 1. The van der Waals surface area contributed by atoms with Crippen LogP contribution in [0.5, 0.6) is 0 Å². The molecule has 0 radical (unpaired) electrons. The first-order chi connectivity index (χ1) is 8.34. The van der Waals surface area contributed by atoms with Crippen molar-refractivity contribution >= 4 is 17.0 Å². The minimum Gasteiger partial charge on any atom is -0.443 e. The lowest BCUT2D eigenvalue weighted by molar-refractivity contribution is 0.0736. The number of hydrogen-bond donors (Lipinski definition) is 1. The second kappa shape index (κ2) is 4.18. The molecule has 1 fully saturated rings. The summed E-state index contributed by atoms with van der Waals surface area (Å²) in [6.45, 7) is 3.24. The summed E-state index contributed by atoms with van der Waals surface area (Å²) in [5, 5.41) is 3.23. The second-order valence-electron chi connectivity index (χ2n) is 4.08. The highest BCUT2D eigenvalue weighted by Crippen LogP contribution is 2.15. The molecule has 2 heterocycles. The first-order valence-electron chi connectivity index (χ1n) is 5.68. The molecule has 1 aliphatic rings. The monoisotopic (exact) mass is 231 g/mol. The molecule has 0 aliphatic carbocycles. The lowest BCUT2D eigenvalue weighted by Crippen LogP contribution is -2.46. The van der Waals surface area contributed by atoms with Crippen molar-refractivity contribution in [2.75, 3.05) is 26.2 Å². The summed E-state index contributed by atoms with van der Waals surface area (Å²) in [4.78, 5) is 18.1. The van der Waals surface area contributed by atoms with Gasteiger partial charge in [-0.3, -0.25) is 4.79 Å². The van der Waals surface area contributed by atoms with Gasteiger partial charge in [-0.05, 0) is 18.2 Å². The van der Waals surface area contributed by atoms with Crippen LogP contribution in [0.2, 0.25) is 0 Å². The molecule has 1 saturated heterocycles. The predicted molar refractivity (Wildman–Crippen MR) is 62.8 cm³/mol. The average molecular weight is 231 g/mol. The van der Waals surface area contributed by atoms with Gasteiger partial charge in [-0.2, -0.15) is 0 Å².